The number of hydrogen-bond donors (Lipinski definition) is 0. The number of pyridine rings is 3. The van der Waals surface area contributed by atoms with E-state index in [0.29, 0.717) is 32.9 Å². The Morgan fingerprint density at radius 2 is 0.596 bits per heavy atom. The first-order valence-electron chi connectivity index (χ1n) is 38.4. The Morgan fingerprint density at radius 1 is 0.292 bits per heavy atom. The lowest BCUT2D eigenvalue weighted by Crippen LogP contribution is -2.31. The lowest BCUT2D eigenvalue weighted by atomic mass is 9.64. The van der Waals surface area contributed by atoms with Crippen LogP contribution in [0.4, 0.5) is 0 Å². The fraction of sp³-hybridized carbons (Fsp3) is 0.407. The molecule has 3 aromatic heterocycles. The Morgan fingerprint density at radius 3 is 0.944 bits per heavy atom. The van der Waals surface area contributed by atoms with E-state index >= 15 is 0 Å². The van der Waals surface area contributed by atoms with Crippen molar-refractivity contribution in [3.63, 3.8) is 0 Å². The van der Waals surface area contributed by atoms with Gasteiger partial charge in [-0.15, -0.1) is 0 Å². The summed E-state index contributed by atoms with van der Waals surface area (Å²) in [6.45, 7) is -0.190. The lowest BCUT2D eigenvalue weighted by molar-refractivity contribution is -0.660. The Kier molecular flexibility index (Phi) is 14.5. The summed E-state index contributed by atoms with van der Waals surface area (Å²) < 4.78 is 79.8. The Bertz CT molecular complexity index is 4430. The molecule has 0 radical (unpaired) electrons. The third-order valence-corrected chi connectivity index (χ3v) is 22.6. The molecule has 0 aliphatic heterocycles. The van der Waals surface area contributed by atoms with Crippen molar-refractivity contribution in [2.45, 2.75) is 189 Å². The van der Waals surface area contributed by atoms with Crippen LogP contribution in [-0.4, -0.2) is 0 Å². The predicted molar refractivity (Wildman–Crippen MR) is 372 cm³/mol. The molecule has 6 aliphatic rings. The van der Waals surface area contributed by atoms with Gasteiger partial charge in [0.25, 0.3) is 0 Å². The summed E-state index contributed by atoms with van der Waals surface area (Å²) in [6, 6.07) is 51.2. The Labute approximate surface area is 548 Å². The zero-order chi connectivity index (χ0) is 68.9. The van der Waals surface area contributed by atoms with Gasteiger partial charge in [-0.05, 0) is 256 Å². The monoisotopic (exact) mass is 1180 g/mol. The first kappa shape index (κ1) is 50.5. The second kappa shape index (κ2) is 25.6. The van der Waals surface area contributed by atoms with Gasteiger partial charge >= 0.3 is 0 Å². The topological polar surface area (TPSA) is 11.6 Å². The average Bonchev–Trinajstić information content (AvgIpc) is 0.836. The molecule has 0 N–H and O–H groups in total. The van der Waals surface area contributed by atoms with Gasteiger partial charge in [-0.25, -0.2) is 13.7 Å². The minimum Gasteiger partial charge on any atom is -0.201 e. The van der Waals surface area contributed by atoms with Crippen molar-refractivity contribution in [3.8, 4) is 67.2 Å². The number of fused-ring (bicyclic) bond motifs is 3. The Hall–Kier alpha value is -7.23. The molecule has 456 valence electrons. The molecular weight excluding hydrogens is 1070 g/mol. The average molecular weight is 1180 g/mol. The van der Waals surface area contributed by atoms with E-state index in [2.05, 4.69) is 130 Å². The molecule has 3 heteroatoms. The second-order valence-electron chi connectivity index (χ2n) is 28.5. The minimum absolute atomic E-state index is 0.417. The quantitative estimate of drug-likeness (QED) is 0.147. The molecule has 3 spiro atoms. The van der Waals surface area contributed by atoms with Crippen molar-refractivity contribution in [3.05, 3.63) is 231 Å². The summed E-state index contributed by atoms with van der Waals surface area (Å²) in [5.74, 6) is 0. The maximum Gasteiger partial charge on any atom is 0.213 e. The van der Waals surface area contributed by atoms with Crippen molar-refractivity contribution in [2.24, 2.45) is 37.4 Å². The highest BCUT2D eigenvalue weighted by atomic mass is 14.9. The fourth-order valence-electron chi connectivity index (χ4n) is 17.3. The van der Waals surface area contributed by atoms with E-state index in [1.807, 2.05) is 77.4 Å². The molecule has 3 nitrogen and oxygen atoms in total. The van der Waals surface area contributed by atoms with Crippen molar-refractivity contribution in [1.29, 1.82) is 0 Å². The number of hydrogen-bond acceptors (Lipinski definition) is 0. The predicted octanol–water partition coefficient (Wildman–Crippen LogP) is 20.3. The van der Waals surface area contributed by atoms with E-state index in [9.17, 15) is 0 Å². The van der Waals surface area contributed by atoms with Crippen molar-refractivity contribution in [1.82, 2.24) is 0 Å². The standard InChI is InChI=1S/2C29H34N.C28H32N/c1-21-9-5-6-10-26(21)28-18-27(22(2)20-30(28)3)24-11-12-25-19-29(14-7-4-8-15-29)16-13-23(25)17-24;1-21-9-5-6-10-26(21)28-18-27(22(2)20-30(28)3)24-12-11-23-13-16-29(19-25(23)17-24)14-7-4-8-15-29;1-20-8-4-5-9-25(20)27-17-26(21(2)19-29(27)3)23-10-11-24-18-28(13-6-7-14-28)15-12-22(24)16-23/h2*5-6,9-12,17-18,20H,4,7-8,13-16,19H2,1-3H3;4-5,8-11,16-17,19H,6-7,12-15,18H2,1-3H3/q3*+1/i3*2D3. The van der Waals surface area contributed by atoms with Gasteiger partial charge in [0.15, 0.2) is 18.6 Å². The highest BCUT2D eigenvalue weighted by Gasteiger charge is 2.39. The first-order chi connectivity index (χ1) is 46.8. The summed E-state index contributed by atoms with van der Waals surface area (Å²) >= 11 is 0. The summed E-state index contributed by atoms with van der Waals surface area (Å²) in [6.07, 6.45) is 35.3. The van der Waals surface area contributed by atoms with Gasteiger partial charge in [-0.3, -0.25) is 0 Å². The van der Waals surface area contributed by atoms with Crippen LogP contribution in [0, 0.1) is 57.6 Å². The van der Waals surface area contributed by atoms with Crippen LogP contribution in [0.5, 0.6) is 0 Å². The van der Waals surface area contributed by atoms with E-state index in [4.69, 9.17) is 12.3 Å². The van der Waals surface area contributed by atoms with Crippen molar-refractivity contribution >= 4 is 0 Å². The third-order valence-electron chi connectivity index (χ3n) is 22.6. The second-order valence-corrected chi connectivity index (χ2v) is 28.5. The molecule has 9 aromatic rings. The van der Waals surface area contributed by atoms with Crippen molar-refractivity contribution in [2.75, 3.05) is 0 Å². The van der Waals surface area contributed by atoms with Gasteiger partial charge in [0.1, 0.15) is 21.1 Å². The number of aromatic nitrogens is 3. The van der Waals surface area contributed by atoms with Crippen LogP contribution in [-0.2, 0) is 59.7 Å². The van der Waals surface area contributed by atoms with Gasteiger partial charge in [0, 0.05) is 63.9 Å². The molecular formula is C86H100N3+3. The zero-order valence-corrected chi connectivity index (χ0v) is 54.2. The van der Waals surface area contributed by atoms with Crippen LogP contribution < -0.4 is 13.7 Å². The normalized spacial score (nSPS) is 19.6. The van der Waals surface area contributed by atoms with Crippen molar-refractivity contribution < 1.29 is 26.0 Å². The molecule has 6 aliphatic carbocycles. The molecule has 0 atom stereocenters. The number of rotatable bonds is 6. The molecule has 89 heavy (non-hydrogen) atoms. The van der Waals surface area contributed by atoms with E-state index in [-0.39, 0.29) is 0 Å². The summed E-state index contributed by atoms with van der Waals surface area (Å²) in [4.78, 5) is 0. The fourth-order valence-corrected chi connectivity index (χ4v) is 17.3. The molecule has 0 saturated heterocycles. The summed E-state index contributed by atoms with van der Waals surface area (Å²) in [5, 5.41) is 0. The van der Waals surface area contributed by atoms with Gasteiger partial charge in [0.05, 0.1) is 0 Å². The van der Waals surface area contributed by atoms with E-state index in [1.54, 1.807) is 12.4 Å². The molecule has 15 rings (SSSR count). The van der Waals surface area contributed by atoms with E-state index < -0.39 is 20.6 Å². The highest BCUT2D eigenvalue weighted by molar-refractivity contribution is 5.76. The molecule has 0 bridgehead atoms. The van der Waals surface area contributed by atoms with Crippen LogP contribution in [0.15, 0.2) is 164 Å². The van der Waals surface area contributed by atoms with Gasteiger partial charge in [-0.2, -0.15) is 0 Å². The van der Waals surface area contributed by atoms with Crippen LogP contribution in [0.2, 0.25) is 0 Å². The molecule has 3 saturated carbocycles. The summed E-state index contributed by atoms with van der Waals surface area (Å²) in [5.41, 5.74) is 27.0. The highest BCUT2D eigenvalue weighted by Crippen LogP contribution is 2.50. The maximum absolute atomic E-state index is 8.24. The van der Waals surface area contributed by atoms with Crippen LogP contribution in [0.3, 0.4) is 0 Å². The van der Waals surface area contributed by atoms with Crippen LogP contribution in [0.25, 0.3) is 67.2 Å². The van der Waals surface area contributed by atoms with Crippen LogP contribution >= 0.6 is 0 Å². The van der Waals surface area contributed by atoms with Crippen LogP contribution in [0.1, 0.15) is 188 Å². The third kappa shape index (κ3) is 12.7. The van der Waals surface area contributed by atoms with Gasteiger partial charge < -0.3 is 0 Å². The molecule has 6 aromatic carbocycles. The maximum atomic E-state index is 8.24. The smallest absolute Gasteiger partial charge is 0.201 e. The SMILES string of the molecule is [2H]C([2H])([2H])c1c[n+](C)c(-c2ccccc2C)cc1-c1ccc2c(c1)CC1(CCCCC1)CC2.[2H]C([2H])([2H])c1c[n+](C)c(-c2ccccc2C)cc1-c1ccc2c(c1)CCC1(CCCC1)C2.[2H]C([2H])([2H])c1c[n+](C)c(-c2ccccc2C)cc1-c1ccc2c(c1)CCC1(CCCCC1)C2. The van der Waals surface area contributed by atoms with E-state index in [1.165, 1.54) is 172 Å². The number of benzene rings is 6. The zero-order valence-electron chi connectivity index (χ0n) is 63.2. The summed E-state index contributed by atoms with van der Waals surface area (Å²) in [7, 11) is 5.83. The van der Waals surface area contributed by atoms with Gasteiger partial charge in [-0.1, -0.05) is 161 Å². The van der Waals surface area contributed by atoms with Gasteiger partial charge in [0.2, 0.25) is 17.1 Å². The largest absolute Gasteiger partial charge is 0.213 e. The minimum atomic E-state index is -2.17. The molecule has 3 heterocycles. The first-order valence-corrected chi connectivity index (χ1v) is 33.9. The number of aryl methyl sites for hydroxylation is 12. The number of nitrogens with zero attached hydrogens (tertiary/aromatic N) is 3. The molecule has 0 unspecified atom stereocenters. The Balaban J connectivity index is 0.000000132. The lowest BCUT2D eigenvalue weighted by Gasteiger charge is -2.41. The molecule has 0 amide bonds. The van der Waals surface area contributed by atoms with E-state index in [0.717, 1.165) is 92.8 Å². The molecule has 3 fully saturated rings.